The molecule has 0 aromatic heterocycles. The molecular weight excluding hydrogens is 361 g/mol. The summed E-state index contributed by atoms with van der Waals surface area (Å²) in [5.74, 6) is 0.110. The highest BCUT2D eigenvalue weighted by molar-refractivity contribution is 5.89. The van der Waals surface area contributed by atoms with Crippen molar-refractivity contribution in [2.45, 2.75) is 39.2 Å². The Kier molecular flexibility index (Phi) is 6.42. The van der Waals surface area contributed by atoms with Gasteiger partial charge < -0.3 is 19.4 Å². The molecule has 2 fully saturated rings. The van der Waals surface area contributed by atoms with Crippen LogP contribution < -0.4 is 9.64 Å². The number of halogens is 1. The molecule has 1 aromatic rings. The molecule has 2 amide bonds. The first-order valence-electron chi connectivity index (χ1n) is 10.1. The van der Waals surface area contributed by atoms with Crippen LogP contribution >= 0.6 is 0 Å². The molecule has 1 unspecified atom stereocenters. The molecule has 2 saturated heterocycles. The van der Waals surface area contributed by atoms with Gasteiger partial charge >= 0.3 is 0 Å². The minimum atomic E-state index is -0.331. The SMILES string of the molecule is CCC(CC)N1CC(C(=O)N2CCN(c3ccc(F)cc3OC)CC2)CC1=O. The average molecular weight is 391 g/mol. The van der Waals surface area contributed by atoms with Gasteiger partial charge in [0.25, 0.3) is 0 Å². The Labute approximate surface area is 166 Å². The van der Waals surface area contributed by atoms with Crippen LogP contribution in [0.4, 0.5) is 10.1 Å². The molecule has 3 rings (SSSR count). The number of hydrogen-bond donors (Lipinski definition) is 0. The third kappa shape index (κ3) is 4.08. The molecule has 1 atom stereocenters. The predicted molar refractivity (Wildman–Crippen MR) is 106 cm³/mol. The summed E-state index contributed by atoms with van der Waals surface area (Å²) < 4.78 is 18.7. The molecule has 2 aliphatic heterocycles. The highest BCUT2D eigenvalue weighted by atomic mass is 19.1. The van der Waals surface area contributed by atoms with Gasteiger partial charge in [-0.15, -0.1) is 0 Å². The van der Waals surface area contributed by atoms with Gasteiger partial charge in [-0.05, 0) is 25.0 Å². The minimum Gasteiger partial charge on any atom is -0.494 e. The molecule has 154 valence electrons. The van der Waals surface area contributed by atoms with Crippen molar-refractivity contribution in [3.8, 4) is 5.75 Å². The van der Waals surface area contributed by atoms with E-state index in [1.807, 2.05) is 9.80 Å². The van der Waals surface area contributed by atoms with Crippen LogP contribution in [0.2, 0.25) is 0 Å². The fourth-order valence-electron chi connectivity index (χ4n) is 4.32. The van der Waals surface area contributed by atoms with Gasteiger partial charge in [0, 0.05) is 51.3 Å². The Morgan fingerprint density at radius 1 is 1.21 bits per heavy atom. The van der Waals surface area contributed by atoms with Gasteiger partial charge in [-0.1, -0.05) is 13.8 Å². The molecule has 2 heterocycles. The Morgan fingerprint density at radius 2 is 1.89 bits per heavy atom. The van der Waals surface area contributed by atoms with Crippen LogP contribution in [0.5, 0.6) is 5.75 Å². The van der Waals surface area contributed by atoms with Crippen molar-refractivity contribution < 1.29 is 18.7 Å². The Hall–Kier alpha value is -2.31. The second kappa shape index (κ2) is 8.80. The van der Waals surface area contributed by atoms with Crippen molar-refractivity contribution in [3.05, 3.63) is 24.0 Å². The van der Waals surface area contributed by atoms with E-state index in [1.54, 1.807) is 6.07 Å². The Bertz CT molecular complexity index is 715. The first-order chi connectivity index (χ1) is 13.5. The highest BCUT2D eigenvalue weighted by Crippen LogP contribution is 2.30. The number of carbonyl (C=O) groups is 2. The number of benzene rings is 1. The van der Waals surface area contributed by atoms with Gasteiger partial charge in [-0.2, -0.15) is 0 Å². The highest BCUT2D eigenvalue weighted by Gasteiger charge is 2.39. The maximum absolute atomic E-state index is 13.4. The molecule has 0 spiro atoms. The van der Waals surface area contributed by atoms with E-state index in [2.05, 4.69) is 18.7 Å². The number of anilines is 1. The number of methoxy groups -OCH3 is 1. The summed E-state index contributed by atoms with van der Waals surface area (Å²) in [6.45, 7) is 7.20. The van der Waals surface area contributed by atoms with Gasteiger partial charge in [0.15, 0.2) is 0 Å². The molecule has 6 nitrogen and oxygen atoms in total. The van der Waals surface area contributed by atoms with E-state index in [4.69, 9.17) is 4.74 Å². The Morgan fingerprint density at radius 3 is 2.50 bits per heavy atom. The monoisotopic (exact) mass is 391 g/mol. The fourth-order valence-corrected chi connectivity index (χ4v) is 4.32. The average Bonchev–Trinajstić information content (AvgIpc) is 3.10. The molecule has 2 aliphatic rings. The van der Waals surface area contributed by atoms with Gasteiger partial charge in [0.05, 0.1) is 18.7 Å². The summed E-state index contributed by atoms with van der Waals surface area (Å²) in [5.41, 5.74) is 0.840. The standard InChI is InChI=1S/C21H30FN3O3/c1-4-17(5-2)25-14-15(12-20(25)26)21(27)24-10-8-23(9-11-24)18-7-6-16(22)13-19(18)28-3/h6-7,13,15,17H,4-5,8-12,14H2,1-3H3. The lowest BCUT2D eigenvalue weighted by Crippen LogP contribution is -2.51. The van der Waals surface area contributed by atoms with E-state index < -0.39 is 0 Å². The van der Waals surface area contributed by atoms with Crippen molar-refractivity contribution in [1.29, 1.82) is 0 Å². The molecule has 0 radical (unpaired) electrons. The first-order valence-corrected chi connectivity index (χ1v) is 10.1. The molecule has 0 aliphatic carbocycles. The third-order valence-electron chi connectivity index (χ3n) is 5.96. The summed E-state index contributed by atoms with van der Waals surface area (Å²) in [6.07, 6.45) is 2.16. The minimum absolute atomic E-state index is 0.0764. The molecular formula is C21H30FN3O3. The van der Waals surface area contributed by atoms with E-state index in [0.717, 1.165) is 18.5 Å². The van der Waals surface area contributed by atoms with Crippen molar-refractivity contribution in [2.24, 2.45) is 5.92 Å². The molecule has 7 heteroatoms. The van der Waals surface area contributed by atoms with Crippen LogP contribution in [0.1, 0.15) is 33.1 Å². The lowest BCUT2D eigenvalue weighted by molar-refractivity contribution is -0.136. The maximum atomic E-state index is 13.4. The van der Waals surface area contributed by atoms with Gasteiger partial charge in [-0.3, -0.25) is 9.59 Å². The summed E-state index contributed by atoms with van der Waals surface area (Å²) in [6, 6.07) is 4.75. The topological polar surface area (TPSA) is 53.1 Å². The number of amides is 2. The largest absolute Gasteiger partial charge is 0.494 e. The van der Waals surface area contributed by atoms with E-state index in [1.165, 1.54) is 19.2 Å². The number of hydrogen-bond acceptors (Lipinski definition) is 4. The summed E-state index contributed by atoms with van der Waals surface area (Å²) in [7, 11) is 1.53. The number of rotatable bonds is 6. The van der Waals surface area contributed by atoms with Gasteiger partial charge in [0.1, 0.15) is 11.6 Å². The smallest absolute Gasteiger partial charge is 0.228 e. The molecule has 28 heavy (non-hydrogen) atoms. The fraction of sp³-hybridized carbons (Fsp3) is 0.619. The van der Waals surface area contributed by atoms with Crippen molar-refractivity contribution >= 4 is 17.5 Å². The van der Waals surface area contributed by atoms with Gasteiger partial charge in [0.2, 0.25) is 11.8 Å². The summed E-state index contributed by atoms with van der Waals surface area (Å²) in [4.78, 5) is 31.2. The van der Waals surface area contributed by atoms with Crippen LogP contribution in [-0.2, 0) is 9.59 Å². The lowest BCUT2D eigenvalue weighted by atomic mass is 10.1. The number of nitrogens with zero attached hydrogens (tertiary/aromatic N) is 3. The van der Waals surface area contributed by atoms with Gasteiger partial charge in [-0.25, -0.2) is 4.39 Å². The molecule has 1 aromatic carbocycles. The van der Waals surface area contributed by atoms with E-state index in [0.29, 0.717) is 44.9 Å². The summed E-state index contributed by atoms with van der Waals surface area (Å²) in [5, 5.41) is 0. The normalized spacial score (nSPS) is 20.2. The quantitative estimate of drug-likeness (QED) is 0.748. The zero-order valence-electron chi connectivity index (χ0n) is 17.0. The zero-order valence-corrected chi connectivity index (χ0v) is 17.0. The lowest BCUT2D eigenvalue weighted by Gasteiger charge is -2.37. The number of piperazine rings is 1. The van der Waals surface area contributed by atoms with E-state index >= 15 is 0 Å². The number of likely N-dealkylation sites (tertiary alicyclic amines) is 1. The number of ether oxygens (including phenoxy) is 1. The molecule has 0 bridgehead atoms. The first kappa shape index (κ1) is 20.4. The van der Waals surface area contributed by atoms with Crippen molar-refractivity contribution in [2.75, 3.05) is 44.7 Å². The maximum Gasteiger partial charge on any atom is 0.228 e. The van der Waals surface area contributed by atoms with Crippen LogP contribution in [-0.4, -0.2) is 67.5 Å². The van der Waals surface area contributed by atoms with Crippen molar-refractivity contribution in [1.82, 2.24) is 9.80 Å². The summed E-state index contributed by atoms with van der Waals surface area (Å²) >= 11 is 0. The second-order valence-electron chi connectivity index (χ2n) is 7.55. The van der Waals surface area contributed by atoms with Crippen LogP contribution in [0.25, 0.3) is 0 Å². The predicted octanol–water partition coefficient (Wildman–Crippen LogP) is 2.52. The Balaban J connectivity index is 1.59. The third-order valence-corrected chi connectivity index (χ3v) is 5.96. The molecule has 0 N–H and O–H groups in total. The number of carbonyl (C=O) groups excluding carboxylic acids is 2. The van der Waals surface area contributed by atoms with Crippen molar-refractivity contribution in [3.63, 3.8) is 0 Å². The van der Waals surface area contributed by atoms with Crippen LogP contribution in [0.15, 0.2) is 18.2 Å². The van der Waals surface area contributed by atoms with Crippen LogP contribution in [0.3, 0.4) is 0 Å². The zero-order chi connectivity index (χ0) is 20.3. The van der Waals surface area contributed by atoms with Crippen LogP contribution in [0, 0.1) is 11.7 Å². The molecule has 0 saturated carbocycles. The second-order valence-corrected chi connectivity index (χ2v) is 7.55. The van der Waals surface area contributed by atoms with E-state index in [-0.39, 0.29) is 29.6 Å². The van der Waals surface area contributed by atoms with E-state index in [9.17, 15) is 14.0 Å².